The van der Waals surface area contributed by atoms with Gasteiger partial charge in [0.15, 0.2) is 5.78 Å². The molecule has 0 spiro atoms. The average Bonchev–Trinajstić information content (AvgIpc) is 2.90. The highest BCUT2D eigenvalue weighted by atomic mass is 16.5. The van der Waals surface area contributed by atoms with Crippen LogP contribution in [0.25, 0.3) is 0 Å². The van der Waals surface area contributed by atoms with Gasteiger partial charge in [-0.05, 0) is 25.0 Å². The summed E-state index contributed by atoms with van der Waals surface area (Å²) in [6.45, 7) is 1.42. The lowest BCUT2D eigenvalue weighted by molar-refractivity contribution is -0.120. The molecule has 4 heteroatoms. The molecular weight excluding hydrogens is 240 g/mol. The molecule has 1 rings (SSSR count). The number of hydrogen-bond acceptors (Lipinski definition) is 3. The van der Waals surface area contributed by atoms with Gasteiger partial charge in [0.1, 0.15) is 0 Å². The number of carbonyl (C=O) groups is 1. The molecule has 1 heterocycles. The highest BCUT2D eigenvalue weighted by molar-refractivity contribution is 5.83. The van der Waals surface area contributed by atoms with Crippen LogP contribution in [-0.2, 0) is 16.1 Å². The van der Waals surface area contributed by atoms with Gasteiger partial charge in [-0.25, -0.2) is 0 Å². The molecule has 0 saturated carbocycles. The number of rotatable bonds is 11. The number of ether oxygens (including phenoxy) is 1. The Morgan fingerprint density at radius 3 is 2.47 bits per heavy atom. The van der Waals surface area contributed by atoms with Crippen LogP contribution >= 0.6 is 0 Å². The van der Waals surface area contributed by atoms with Crippen LogP contribution in [0.4, 0.5) is 0 Å². The van der Waals surface area contributed by atoms with Crippen LogP contribution in [0.1, 0.15) is 38.5 Å². The summed E-state index contributed by atoms with van der Waals surface area (Å²) >= 11 is 0. The molecule has 1 aromatic heterocycles. The molecule has 0 bridgehead atoms. The van der Waals surface area contributed by atoms with E-state index in [-0.39, 0.29) is 11.8 Å². The summed E-state index contributed by atoms with van der Waals surface area (Å²) in [7, 11) is 1.73. The minimum atomic E-state index is -0.374. The second-order valence-electron chi connectivity index (χ2n) is 4.96. The normalized spacial score (nSPS) is 12.5. The van der Waals surface area contributed by atoms with Crippen molar-refractivity contribution in [3.8, 4) is 0 Å². The van der Waals surface area contributed by atoms with E-state index in [4.69, 9.17) is 10.5 Å². The standard InChI is InChI=1S/C15H26N2O2/c1-19-12-8-4-2-3-5-9-15(18)14(16)13-17-10-6-7-11-17/h6-7,10-11,14H,2-5,8-9,12-13,16H2,1H3. The first-order valence-electron chi connectivity index (χ1n) is 7.12. The van der Waals surface area contributed by atoms with Gasteiger partial charge in [-0.3, -0.25) is 4.79 Å². The molecule has 0 aliphatic heterocycles. The first kappa shape index (κ1) is 15.9. The molecule has 0 aliphatic carbocycles. The van der Waals surface area contributed by atoms with Crippen LogP contribution in [0.15, 0.2) is 24.5 Å². The number of ketones is 1. The molecule has 0 amide bonds. The molecule has 1 atom stereocenters. The van der Waals surface area contributed by atoms with E-state index in [1.165, 1.54) is 12.8 Å². The second-order valence-corrected chi connectivity index (χ2v) is 4.96. The quantitative estimate of drug-likeness (QED) is 0.626. The molecule has 4 nitrogen and oxygen atoms in total. The van der Waals surface area contributed by atoms with E-state index in [1.807, 2.05) is 29.1 Å². The maximum Gasteiger partial charge on any atom is 0.151 e. The van der Waals surface area contributed by atoms with Gasteiger partial charge in [-0.2, -0.15) is 0 Å². The topological polar surface area (TPSA) is 57.2 Å². The molecule has 2 N–H and O–H groups in total. The van der Waals surface area contributed by atoms with Crippen LogP contribution in [0.5, 0.6) is 0 Å². The van der Waals surface area contributed by atoms with Gasteiger partial charge < -0.3 is 15.0 Å². The minimum Gasteiger partial charge on any atom is -0.385 e. The molecular formula is C15H26N2O2. The predicted molar refractivity (Wildman–Crippen MR) is 77.0 cm³/mol. The molecule has 0 fully saturated rings. The fraction of sp³-hybridized carbons (Fsp3) is 0.667. The number of hydrogen-bond donors (Lipinski definition) is 1. The van der Waals surface area contributed by atoms with E-state index in [0.29, 0.717) is 13.0 Å². The van der Waals surface area contributed by atoms with Gasteiger partial charge in [-0.1, -0.05) is 19.3 Å². The van der Waals surface area contributed by atoms with Crippen LogP contribution in [0, 0.1) is 0 Å². The van der Waals surface area contributed by atoms with Crippen molar-refractivity contribution in [1.82, 2.24) is 4.57 Å². The lowest BCUT2D eigenvalue weighted by Gasteiger charge is -2.11. The Hall–Kier alpha value is -1.13. The molecule has 0 aromatic carbocycles. The molecule has 0 radical (unpaired) electrons. The lowest BCUT2D eigenvalue weighted by atomic mass is 10.0. The Balaban J connectivity index is 2.03. The van der Waals surface area contributed by atoms with Gasteiger partial charge in [0, 0.05) is 39.1 Å². The van der Waals surface area contributed by atoms with Crippen LogP contribution in [-0.4, -0.2) is 30.1 Å². The minimum absolute atomic E-state index is 0.172. The van der Waals surface area contributed by atoms with Crippen molar-refractivity contribution in [2.24, 2.45) is 5.73 Å². The number of aromatic nitrogens is 1. The molecule has 108 valence electrons. The summed E-state index contributed by atoms with van der Waals surface area (Å²) < 4.78 is 6.95. The summed E-state index contributed by atoms with van der Waals surface area (Å²) in [5, 5.41) is 0. The van der Waals surface area contributed by atoms with Crippen molar-refractivity contribution in [3.05, 3.63) is 24.5 Å². The third-order valence-electron chi connectivity index (χ3n) is 3.26. The fourth-order valence-electron chi connectivity index (χ4n) is 2.08. The number of nitrogens with zero attached hydrogens (tertiary/aromatic N) is 1. The van der Waals surface area contributed by atoms with E-state index < -0.39 is 0 Å². The summed E-state index contributed by atoms with van der Waals surface area (Å²) in [6, 6.07) is 3.51. The first-order chi connectivity index (χ1) is 9.24. The predicted octanol–water partition coefficient (Wildman–Crippen LogP) is 2.37. The number of methoxy groups -OCH3 is 1. The van der Waals surface area contributed by atoms with Crippen molar-refractivity contribution in [1.29, 1.82) is 0 Å². The van der Waals surface area contributed by atoms with Gasteiger partial charge >= 0.3 is 0 Å². The number of carbonyl (C=O) groups excluding carboxylic acids is 1. The molecule has 1 unspecified atom stereocenters. The van der Waals surface area contributed by atoms with E-state index >= 15 is 0 Å². The summed E-state index contributed by atoms with van der Waals surface area (Å²) in [6.07, 6.45) is 9.98. The summed E-state index contributed by atoms with van der Waals surface area (Å²) in [5.74, 6) is 0.172. The maximum atomic E-state index is 11.8. The van der Waals surface area contributed by atoms with Crippen LogP contribution < -0.4 is 5.73 Å². The highest BCUT2D eigenvalue weighted by Crippen LogP contribution is 2.07. The van der Waals surface area contributed by atoms with Gasteiger partial charge in [0.2, 0.25) is 0 Å². The molecule has 1 aromatic rings. The zero-order valence-electron chi connectivity index (χ0n) is 11.9. The Labute approximate surface area is 115 Å². The molecule has 19 heavy (non-hydrogen) atoms. The second kappa shape index (κ2) is 9.75. The smallest absolute Gasteiger partial charge is 0.151 e. The monoisotopic (exact) mass is 266 g/mol. The van der Waals surface area contributed by atoms with E-state index in [0.717, 1.165) is 25.9 Å². The Morgan fingerprint density at radius 2 is 1.79 bits per heavy atom. The number of Topliss-reactive ketones (excluding diaryl/α,β-unsaturated/α-hetero) is 1. The first-order valence-corrected chi connectivity index (χ1v) is 7.12. The van der Waals surface area contributed by atoms with E-state index in [2.05, 4.69) is 0 Å². The Kier molecular flexibility index (Phi) is 8.18. The Bertz CT molecular complexity index is 336. The van der Waals surface area contributed by atoms with Gasteiger partial charge in [0.05, 0.1) is 6.04 Å². The van der Waals surface area contributed by atoms with Crippen molar-refractivity contribution in [2.45, 2.75) is 51.1 Å². The van der Waals surface area contributed by atoms with E-state index in [9.17, 15) is 4.79 Å². The van der Waals surface area contributed by atoms with Crippen LogP contribution in [0.3, 0.4) is 0 Å². The van der Waals surface area contributed by atoms with Crippen LogP contribution in [0.2, 0.25) is 0 Å². The van der Waals surface area contributed by atoms with Crippen molar-refractivity contribution < 1.29 is 9.53 Å². The van der Waals surface area contributed by atoms with E-state index in [1.54, 1.807) is 7.11 Å². The van der Waals surface area contributed by atoms with Crippen molar-refractivity contribution >= 4 is 5.78 Å². The largest absolute Gasteiger partial charge is 0.385 e. The zero-order valence-corrected chi connectivity index (χ0v) is 11.9. The zero-order chi connectivity index (χ0) is 13.9. The summed E-state index contributed by atoms with van der Waals surface area (Å²) in [4.78, 5) is 11.8. The van der Waals surface area contributed by atoms with Gasteiger partial charge in [-0.15, -0.1) is 0 Å². The van der Waals surface area contributed by atoms with Crippen molar-refractivity contribution in [2.75, 3.05) is 13.7 Å². The highest BCUT2D eigenvalue weighted by Gasteiger charge is 2.12. The number of unbranched alkanes of at least 4 members (excludes halogenated alkanes) is 4. The number of nitrogens with two attached hydrogens (primary N) is 1. The summed E-state index contributed by atoms with van der Waals surface area (Å²) in [5.41, 5.74) is 5.90. The third kappa shape index (κ3) is 7.13. The fourth-order valence-corrected chi connectivity index (χ4v) is 2.08. The molecule has 0 aliphatic rings. The Morgan fingerprint density at radius 1 is 1.16 bits per heavy atom. The molecule has 0 saturated heterocycles. The SMILES string of the molecule is COCCCCCCCC(=O)C(N)Cn1cccc1. The average molecular weight is 266 g/mol. The lowest BCUT2D eigenvalue weighted by Crippen LogP contribution is -2.34. The van der Waals surface area contributed by atoms with Gasteiger partial charge in [0.25, 0.3) is 0 Å². The third-order valence-corrected chi connectivity index (χ3v) is 3.26. The maximum absolute atomic E-state index is 11.8. The van der Waals surface area contributed by atoms with Crippen molar-refractivity contribution in [3.63, 3.8) is 0 Å².